The third-order valence-electron chi connectivity index (χ3n) is 2.09. The zero-order chi connectivity index (χ0) is 11.6. The summed E-state index contributed by atoms with van der Waals surface area (Å²) < 4.78 is 17.8. The molecule has 0 saturated heterocycles. The molecule has 0 saturated carbocycles. The molecule has 0 spiro atoms. The van der Waals surface area contributed by atoms with Crippen LogP contribution < -0.4 is 14.2 Å². The molecule has 0 aliphatic carbocycles. The van der Waals surface area contributed by atoms with Crippen LogP contribution in [0, 0.1) is 10.5 Å². The maximum absolute atomic E-state index is 5.31. The highest BCUT2D eigenvalue weighted by Crippen LogP contribution is 2.46. The normalized spacial score (nSPS) is 10.0. The van der Waals surface area contributed by atoms with E-state index < -0.39 is 0 Å². The third-order valence-corrected chi connectivity index (χ3v) is 4.62. The van der Waals surface area contributed by atoms with Gasteiger partial charge in [-0.3, -0.25) is 0 Å². The van der Waals surface area contributed by atoms with E-state index in [1.807, 2.05) is 6.92 Å². The van der Waals surface area contributed by atoms with Gasteiger partial charge in [0.2, 0.25) is 0 Å². The van der Waals surface area contributed by atoms with Crippen molar-refractivity contribution in [1.29, 1.82) is 0 Å². The predicted molar refractivity (Wildman–Crippen MR) is 71.3 cm³/mol. The third kappa shape index (κ3) is 2.18. The number of hydrogen-bond acceptors (Lipinski definition) is 3. The van der Waals surface area contributed by atoms with Crippen molar-refractivity contribution in [2.75, 3.05) is 21.3 Å². The summed E-state index contributed by atoms with van der Waals surface area (Å²) in [4.78, 5) is 0. The minimum atomic E-state index is 0.710. The zero-order valence-electron chi connectivity index (χ0n) is 8.98. The van der Waals surface area contributed by atoms with Gasteiger partial charge in [-0.1, -0.05) is 0 Å². The minimum Gasteiger partial charge on any atom is -0.495 e. The van der Waals surface area contributed by atoms with Gasteiger partial charge < -0.3 is 14.2 Å². The number of benzene rings is 1. The van der Waals surface area contributed by atoms with Crippen LogP contribution in [0.4, 0.5) is 0 Å². The van der Waals surface area contributed by atoms with Crippen LogP contribution in [-0.2, 0) is 0 Å². The van der Waals surface area contributed by atoms with Gasteiger partial charge in [0.15, 0.2) is 11.5 Å². The van der Waals surface area contributed by atoms with Crippen molar-refractivity contribution >= 4 is 38.5 Å². The average molecular weight is 387 g/mol. The van der Waals surface area contributed by atoms with Crippen LogP contribution in [0.2, 0.25) is 0 Å². The summed E-state index contributed by atoms with van der Waals surface area (Å²) in [5.41, 5.74) is 0.921. The molecule has 15 heavy (non-hydrogen) atoms. The van der Waals surface area contributed by atoms with Crippen LogP contribution in [0.25, 0.3) is 0 Å². The molecule has 1 aromatic carbocycles. The van der Waals surface area contributed by atoms with E-state index in [4.69, 9.17) is 14.2 Å². The minimum absolute atomic E-state index is 0.710. The van der Waals surface area contributed by atoms with E-state index in [9.17, 15) is 0 Å². The van der Waals surface area contributed by atoms with E-state index in [1.165, 1.54) is 0 Å². The monoisotopic (exact) mass is 386 g/mol. The van der Waals surface area contributed by atoms with Gasteiger partial charge in [-0.15, -0.1) is 0 Å². The maximum atomic E-state index is 5.31. The number of halogens is 2. The Balaban J connectivity index is 3.57. The fourth-order valence-corrected chi connectivity index (χ4v) is 2.76. The first-order valence-electron chi connectivity index (χ1n) is 4.22. The largest absolute Gasteiger partial charge is 0.495 e. The summed E-state index contributed by atoms with van der Waals surface area (Å²) in [6.07, 6.45) is 0. The summed E-state index contributed by atoms with van der Waals surface area (Å²) in [6, 6.07) is 0. The molecule has 0 atom stereocenters. The first-order chi connectivity index (χ1) is 7.08. The molecule has 3 nitrogen and oxygen atoms in total. The second-order valence-electron chi connectivity index (χ2n) is 2.85. The molecule has 1 rings (SSSR count). The molecule has 0 aliphatic rings. The molecule has 0 radical (unpaired) electrons. The number of ether oxygens (including phenoxy) is 3. The van der Waals surface area contributed by atoms with E-state index in [0.29, 0.717) is 5.75 Å². The molecule has 0 amide bonds. The van der Waals surface area contributed by atoms with Gasteiger partial charge in [0.1, 0.15) is 5.75 Å². The van der Waals surface area contributed by atoms with Gasteiger partial charge in [-0.2, -0.15) is 0 Å². The van der Waals surface area contributed by atoms with Crippen molar-refractivity contribution < 1.29 is 14.2 Å². The van der Waals surface area contributed by atoms with E-state index in [-0.39, 0.29) is 0 Å². The summed E-state index contributed by atoms with van der Waals surface area (Å²) in [7, 11) is 4.88. The summed E-state index contributed by atoms with van der Waals surface area (Å²) in [6.45, 7) is 1.93. The smallest absolute Gasteiger partial charge is 0.175 e. The molecule has 0 fully saturated rings. The second-order valence-corrected chi connectivity index (χ2v) is 4.72. The lowest BCUT2D eigenvalue weighted by molar-refractivity contribution is 0.342. The summed E-state index contributed by atoms with van der Waals surface area (Å²) in [5, 5.41) is 0. The molecule has 0 bridgehead atoms. The molecule has 84 valence electrons. The van der Waals surface area contributed by atoms with Gasteiger partial charge in [-0.25, -0.2) is 0 Å². The van der Waals surface area contributed by atoms with Crippen LogP contribution in [0.5, 0.6) is 17.2 Å². The molecular weight excluding hydrogens is 375 g/mol. The predicted octanol–water partition coefficient (Wildman–Crippen LogP) is 3.39. The van der Waals surface area contributed by atoms with Crippen molar-refractivity contribution in [3.8, 4) is 17.2 Å². The Hall–Kier alpha value is -0.170. The fourth-order valence-electron chi connectivity index (χ4n) is 1.41. The van der Waals surface area contributed by atoms with Crippen molar-refractivity contribution in [3.05, 3.63) is 13.6 Å². The van der Waals surface area contributed by atoms with Gasteiger partial charge in [0, 0.05) is 5.56 Å². The summed E-state index contributed by atoms with van der Waals surface area (Å²) >= 11 is 5.67. The van der Waals surface area contributed by atoms with Crippen LogP contribution in [0.3, 0.4) is 0 Å². The fraction of sp³-hybridized carbons (Fsp3) is 0.400. The highest BCUT2D eigenvalue weighted by Gasteiger charge is 2.20. The number of methoxy groups -OCH3 is 3. The van der Waals surface area contributed by atoms with Gasteiger partial charge in [0.25, 0.3) is 0 Å². The lowest BCUT2D eigenvalue weighted by Gasteiger charge is -2.17. The molecule has 0 aliphatic heterocycles. The average Bonchev–Trinajstić information content (AvgIpc) is 2.23. The summed E-state index contributed by atoms with van der Waals surface area (Å²) in [5.74, 6) is 2.21. The number of hydrogen-bond donors (Lipinski definition) is 0. The van der Waals surface area contributed by atoms with Gasteiger partial charge >= 0.3 is 0 Å². The van der Waals surface area contributed by atoms with E-state index in [2.05, 4.69) is 38.5 Å². The van der Waals surface area contributed by atoms with Gasteiger partial charge in [-0.05, 0) is 45.4 Å². The molecule has 1 aromatic rings. The Kier molecular flexibility index (Phi) is 4.51. The highest BCUT2D eigenvalue weighted by molar-refractivity contribution is 14.1. The zero-order valence-corrected chi connectivity index (χ0v) is 12.7. The second kappa shape index (κ2) is 5.25. The first-order valence-corrected chi connectivity index (χ1v) is 6.09. The van der Waals surface area contributed by atoms with E-state index in [1.54, 1.807) is 21.3 Å². The van der Waals surface area contributed by atoms with E-state index >= 15 is 0 Å². The molecule has 5 heteroatoms. The Bertz CT molecular complexity index is 380. The van der Waals surface area contributed by atoms with Crippen LogP contribution in [-0.4, -0.2) is 21.3 Å². The highest BCUT2D eigenvalue weighted by atomic mass is 127. The Labute approximate surface area is 111 Å². The molecular formula is C10H12BrIO3. The van der Waals surface area contributed by atoms with Crippen molar-refractivity contribution in [2.45, 2.75) is 6.92 Å². The Morgan fingerprint density at radius 2 is 1.40 bits per heavy atom. The maximum Gasteiger partial charge on any atom is 0.175 e. The topological polar surface area (TPSA) is 27.7 Å². The Morgan fingerprint density at radius 1 is 0.933 bits per heavy atom. The lowest BCUT2D eigenvalue weighted by atomic mass is 10.2. The van der Waals surface area contributed by atoms with Crippen molar-refractivity contribution in [1.82, 2.24) is 0 Å². The standard InChI is InChI=1S/C10H12BrIO3/c1-5-8(13-2)6(11)7(12)10(15-4)9(5)14-3/h1-4H3. The lowest BCUT2D eigenvalue weighted by Crippen LogP contribution is -2.00. The SMILES string of the molecule is COc1c(C)c(OC)c(OC)c(I)c1Br. The molecule has 0 unspecified atom stereocenters. The van der Waals surface area contributed by atoms with Crippen molar-refractivity contribution in [3.63, 3.8) is 0 Å². The van der Waals surface area contributed by atoms with Crippen LogP contribution >= 0.6 is 38.5 Å². The molecule has 0 heterocycles. The van der Waals surface area contributed by atoms with E-state index in [0.717, 1.165) is 25.1 Å². The quantitative estimate of drug-likeness (QED) is 0.745. The van der Waals surface area contributed by atoms with Crippen molar-refractivity contribution in [2.24, 2.45) is 0 Å². The van der Waals surface area contributed by atoms with Gasteiger partial charge in [0.05, 0.1) is 29.4 Å². The Morgan fingerprint density at radius 3 is 1.80 bits per heavy atom. The molecule has 0 aromatic heterocycles. The number of rotatable bonds is 3. The molecule has 0 N–H and O–H groups in total. The van der Waals surface area contributed by atoms with Crippen LogP contribution in [0.1, 0.15) is 5.56 Å². The van der Waals surface area contributed by atoms with Crippen LogP contribution in [0.15, 0.2) is 4.47 Å². The first kappa shape index (κ1) is 12.9.